The monoisotopic (exact) mass is 550 g/mol. The molecule has 0 bridgehead atoms. The molecule has 212 valence electrons. The van der Waals surface area contributed by atoms with Crippen molar-refractivity contribution in [3.63, 3.8) is 0 Å². The molecule has 4 N–H and O–H groups in total. The van der Waals surface area contributed by atoms with Gasteiger partial charge in [-0.15, -0.1) is 0 Å². The van der Waals surface area contributed by atoms with Crippen molar-refractivity contribution in [3.05, 3.63) is 59.7 Å². The van der Waals surface area contributed by atoms with Gasteiger partial charge >= 0.3 is 5.97 Å². The Morgan fingerprint density at radius 2 is 1.71 bits per heavy atom. The number of carbonyl (C=O) groups excluding carboxylic acids is 1. The van der Waals surface area contributed by atoms with Crippen LogP contribution >= 0.6 is 0 Å². The van der Waals surface area contributed by atoms with Crippen LogP contribution < -0.4 is 10.0 Å². The number of rotatable bonds is 18. The lowest BCUT2D eigenvalue weighted by Gasteiger charge is -2.33. The van der Waals surface area contributed by atoms with Gasteiger partial charge in [-0.2, -0.15) is 0 Å². The lowest BCUT2D eigenvalue weighted by Crippen LogP contribution is -2.38. The van der Waals surface area contributed by atoms with Crippen LogP contribution in [-0.4, -0.2) is 56.3 Å². The average molecular weight is 551 g/mol. The van der Waals surface area contributed by atoms with Gasteiger partial charge in [-0.05, 0) is 68.5 Å². The van der Waals surface area contributed by atoms with Gasteiger partial charge in [-0.25, -0.2) is 13.2 Å². The summed E-state index contributed by atoms with van der Waals surface area (Å²) in [6.45, 7) is 5.54. The predicted molar refractivity (Wildman–Crippen MR) is 149 cm³/mol. The molecule has 0 aliphatic heterocycles. The van der Waals surface area contributed by atoms with Gasteiger partial charge in [-0.3, -0.25) is 4.72 Å². The van der Waals surface area contributed by atoms with Crippen molar-refractivity contribution in [2.75, 3.05) is 30.7 Å². The van der Waals surface area contributed by atoms with Crippen molar-refractivity contribution in [2.24, 2.45) is 0 Å². The molecule has 0 heterocycles. The fourth-order valence-electron chi connectivity index (χ4n) is 4.15. The highest BCUT2D eigenvalue weighted by Gasteiger charge is 2.34. The molecule has 0 aromatic heterocycles. The zero-order valence-corrected chi connectivity index (χ0v) is 23.4. The summed E-state index contributed by atoms with van der Waals surface area (Å²) in [6, 6.07) is 13.3. The van der Waals surface area contributed by atoms with Gasteiger partial charge in [0, 0.05) is 19.4 Å². The third kappa shape index (κ3) is 11.0. The number of phenols is 1. The number of unbranched alkanes of at least 4 members (excludes halogenated alkanes) is 2. The Labute approximate surface area is 226 Å². The molecule has 38 heavy (non-hydrogen) atoms. The molecule has 0 spiro atoms. The number of nitrogens with one attached hydrogen (secondary N) is 2. The number of ether oxygens (including phenoxy) is 2. The smallest absolute Gasteiger partial charge is 0.340 e. The van der Waals surface area contributed by atoms with E-state index < -0.39 is 21.9 Å². The maximum atomic E-state index is 12.7. The molecule has 0 saturated heterocycles. The number of anilines is 1. The van der Waals surface area contributed by atoms with Gasteiger partial charge in [0.25, 0.3) is 0 Å². The number of benzene rings is 2. The van der Waals surface area contributed by atoms with Crippen molar-refractivity contribution < 1.29 is 32.9 Å². The van der Waals surface area contributed by atoms with Crippen molar-refractivity contribution >= 4 is 21.7 Å². The Morgan fingerprint density at radius 1 is 1.03 bits per heavy atom. The molecule has 1 atom stereocenters. The molecule has 0 fully saturated rings. The Balaban J connectivity index is 1.75. The first kappa shape index (κ1) is 31.6. The number of aliphatic hydroxyl groups is 1. The number of hydrogen-bond donors (Lipinski definition) is 4. The highest BCUT2D eigenvalue weighted by atomic mass is 32.2. The average Bonchev–Trinajstić information content (AvgIpc) is 2.87. The second kappa shape index (κ2) is 15.7. The summed E-state index contributed by atoms with van der Waals surface area (Å²) in [5.41, 5.74) is 1.03. The Kier molecular flexibility index (Phi) is 13.0. The Morgan fingerprint density at radius 3 is 2.34 bits per heavy atom. The van der Waals surface area contributed by atoms with Crippen molar-refractivity contribution in [2.45, 2.75) is 70.7 Å². The summed E-state index contributed by atoms with van der Waals surface area (Å²) in [5, 5.41) is 23.5. The van der Waals surface area contributed by atoms with Gasteiger partial charge in [0.05, 0.1) is 30.2 Å². The Hall–Kier alpha value is -2.66. The minimum Gasteiger partial charge on any atom is -0.506 e. The molecule has 9 nitrogen and oxygen atoms in total. The van der Waals surface area contributed by atoms with Crippen LogP contribution in [0.3, 0.4) is 0 Å². The van der Waals surface area contributed by atoms with Crippen LogP contribution in [0.5, 0.6) is 5.75 Å². The summed E-state index contributed by atoms with van der Waals surface area (Å²) in [7, 11) is -3.55. The molecule has 0 aliphatic rings. The van der Waals surface area contributed by atoms with Crippen LogP contribution in [-0.2, 0) is 19.5 Å². The van der Waals surface area contributed by atoms with E-state index in [2.05, 4.69) is 10.0 Å². The van der Waals surface area contributed by atoms with Gasteiger partial charge in [0.1, 0.15) is 5.75 Å². The van der Waals surface area contributed by atoms with E-state index >= 15 is 0 Å². The standard InChI is InChI=1S/C28H42N2O7S/c1-4-16-28(17-5-2,37-27(33)22-12-8-6-9-13-22)36-19-11-7-10-18-29-21-26(32)23-14-15-25(31)24(20-23)30-38(3,34)35/h6,8-9,12-15,20,26,29-32H,4-5,7,10-11,16-19,21H2,1-3H3. The fraction of sp³-hybridized carbons (Fsp3) is 0.536. The second-order valence-electron chi connectivity index (χ2n) is 9.45. The van der Waals surface area contributed by atoms with Crippen molar-refractivity contribution in [1.29, 1.82) is 0 Å². The van der Waals surface area contributed by atoms with Crippen LogP contribution in [0.15, 0.2) is 48.5 Å². The molecular formula is C28H42N2O7S. The SMILES string of the molecule is CCCC(CCC)(OCCCCCNCC(O)c1ccc(O)c(NS(C)(=O)=O)c1)OC(=O)c1ccccc1. The highest BCUT2D eigenvalue weighted by molar-refractivity contribution is 7.92. The molecule has 0 radical (unpaired) electrons. The largest absolute Gasteiger partial charge is 0.506 e. The van der Waals surface area contributed by atoms with Gasteiger partial charge < -0.3 is 25.0 Å². The van der Waals surface area contributed by atoms with Crippen LogP contribution in [0, 0.1) is 0 Å². The number of phenolic OH excluding ortho intramolecular Hbond substituents is 1. The number of sulfonamides is 1. The molecule has 10 heteroatoms. The summed E-state index contributed by atoms with van der Waals surface area (Å²) in [4.78, 5) is 12.7. The maximum absolute atomic E-state index is 12.7. The molecule has 2 aromatic rings. The maximum Gasteiger partial charge on any atom is 0.340 e. The highest BCUT2D eigenvalue weighted by Crippen LogP contribution is 2.29. The first-order valence-electron chi connectivity index (χ1n) is 13.2. The summed E-state index contributed by atoms with van der Waals surface area (Å²) < 4.78 is 37.2. The zero-order chi connectivity index (χ0) is 28.0. The van der Waals surface area contributed by atoms with Crippen LogP contribution in [0.2, 0.25) is 0 Å². The molecule has 2 rings (SSSR count). The summed E-state index contributed by atoms with van der Waals surface area (Å²) >= 11 is 0. The lowest BCUT2D eigenvalue weighted by atomic mass is 10.0. The van der Waals surface area contributed by atoms with Crippen LogP contribution in [0.25, 0.3) is 0 Å². The second-order valence-corrected chi connectivity index (χ2v) is 11.2. The van der Waals surface area contributed by atoms with Crippen molar-refractivity contribution in [1.82, 2.24) is 5.32 Å². The van der Waals surface area contributed by atoms with E-state index in [4.69, 9.17) is 9.47 Å². The minimum atomic E-state index is -3.55. The van der Waals surface area contributed by atoms with E-state index in [0.29, 0.717) is 37.1 Å². The Bertz CT molecular complexity index is 1090. The van der Waals surface area contributed by atoms with E-state index in [0.717, 1.165) is 38.4 Å². The summed E-state index contributed by atoms with van der Waals surface area (Å²) in [5.74, 6) is -1.50. The quantitative estimate of drug-likeness (QED) is 0.0906. The third-order valence-corrected chi connectivity index (χ3v) is 6.54. The molecule has 0 saturated carbocycles. The van der Waals surface area contributed by atoms with Crippen LogP contribution in [0.4, 0.5) is 5.69 Å². The van der Waals surface area contributed by atoms with Crippen molar-refractivity contribution in [3.8, 4) is 5.75 Å². The number of hydrogen-bond acceptors (Lipinski definition) is 8. The number of aromatic hydroxyl groups is 1. The fourth-order valence-corrected chi connectivity index (χ4v) is 4.71. The van der Waals surface area contributed by atoms with Crippen LogP contribution in [0.1, 0.15) is 80.8 Å². The van der Waals surface area contributed by atoms with Gasteiger partial charge in [0.15, 0.2) is 0 Å². The van der Waals surface area contributed by atoms with E-state index in [1.54, 1.807) is 18.2 Å². The number of carbonyl (C=O) groups is 1. The topological polar surface area (TPSA) is 134 Å². The zero-order valence-electron chi connectivity index (χ0n) is 22.6. The molecular weight excluding hydrogens is 508 g/mol. The minimum absolute atomic E-state index is 0.0284. The van der Waals surface area contributed by atoms with Gasteiger partial charge in [-0.1, -0.05) is 38.1 Å². The molecule has 2 aromatic carbocycles. The number of aliphatic hydroxyl groups excluding tert-OH is 1. The van der Waals surface area contributed by atoms with E-state index in [1.807, 2.05) is 32.0 Å². The first-order valence-corrected chi connectivity index (χ1v) is 15.1. The van der Waals surface area contributed by atoms with E-state index in [9.17, 15) is 23.4 Å². The molecule has 1 unspecified atom stereocenters. The lowest BCUT2D eigenvalue weighted by molar-refractivity contribution is -0.213. The normalized spacial score (nSPS) is 12.7. The summed E-state index contributed by atoms with van der Waals surface area (Å²) in [6.07, 6.45) is 5.64. The van der Waals surface area contributed by atoms with E-state index in [1.165, 1.54) is 12.1 Å². The molecule has 0 amide bonds. The first-order chi connectivity index (χ1) is 18.1. The number of esters is 1. The molecule has 0 aliphatic carbocycles. The predicted octanol–water partition coefficient (Wildman–Crippen LogP) is 4.73. The van der Waals surface area contributed by atoms with Gasteiger partial charge in [0.2, 0.25) is 15.8 Å². The van der Waals surface area contributed by atoms with E-state index in [-0.39, 0.29) is 24.0 Å². The third-order valence-electron chi connectivity index (χ3n) is 5.95.